The lowest BCUT2D eigenvalue weighted by molar-refractivity contribution is 0.122. The third-order valence-corrected chi connectivity index (χ3v) is 5.53. The molecule has 2 aromatic rings. The Morgan fingerprint density at radius 3 is 1.42 bits per heavy atom. The van der Waals surface area contributed by atoms with E-state index in [-0.39, 0.29) is 11.5 Å². The van der Waals surface area contributed by atoms with Gasteiger partial charge in [-0.1, -0.05) is 26.0 Å². The van der Waals surface area contributed by atoms with Gasteiger partial charge in [-0.3, -0.25) is 0 Å². The normalized spacial score (nSPS) is 25.8. The van der Waals surface area contributed by atoms with E-state index in [2.05, 4.69) is 13.8 Å². The van der Waals surface area contributed by atoms with Crippen molar-refractivity contribution in [1.29, 1.82) is 0 Å². The third-order valence-electron chi connectivity index (χ3n) is 5.53. The molecule has 2 N–H and O–H groups in total. The SMILES string of the molecule is COc1cc([C@@H]2[C@@H](C)[C@@H](C)[C@@H]2c2ccc(O)c(OC)c2)ccc1O. The van der Waals surface area contributed by atoms with Gasteiger partial charge in [0.1, 0.15) is 0 Å². The second kappa shape index (κ2) is 6.27. The van der Waals surface area contributed by atoms with Gasteiger partial charge in [-0.15, -0.1) is 0 Å². The summed E-state index contributed by atoms with van der Waals surface area (Å²) in [6.07, 6.45) is 0. The van der Waals surface area contributed by atoms with E-state index < -0.39 is 0 Å². The molecule has 128 valence electrons. The van der Waals surface area contributed by atoms with Crippen LogP contribution in [0.4, 0.5) is 0 Å². The van der Waals surface area contributed by atoms with Crippen LogP contribution in [0.15, 0.2) is 36.4 Å². The maximum atomic E-state index is 9.84. The molecular formula is C20H24O4. The number of methoxy groups -OCH3 is 2. The molecule has 24 heavy (non-hydrogen) atoms. The fourth-order valence-corrected chi connectivity index (χ4v) is 3.99. The van der Waals surface area contributed by atoms with Crippen LogP contribution in [0.3, 0.4) is 0 Å². The van der Waals surface area contributed by atoms with Crippen molar-refractivity contribution < 1.29 is 19.7 Å². The van der Waals surface area contributed by atoms with Gasteiger partial charge in [0.05, 0.1) is 14.2 Å². The maximum absolute atomic E-state index is 9.84. The van der Waals surface area contributed by atoms with E-state index in [9.17, 15) is 10.2 Å². The number of phenolic OH excluding ortho intramolecular Hbond substituents is 2. The van der Waals surface area contributed by atoms with E-state index >= 15 is 0 Å². The van der Waals surface area contributed by atoms with E-state index in [1.54, 1.807) is 26.4 Å². The van der Waals surface area contributed by atoms with Crippen molar-refractivity contribution in [2.75, 3.05) is 14.2 Å². The standard InChI is InChI=1S/C20H24O4/c1-11-12(2)20(14-6-8-16(22)18(10-14)24-4)19(11)13-5-7-15(21)17(9-13)23-3/h5-12,19-22H,1-4H3/t11-,12+,19-,20+. The molecule has 4 nitrogen and oxygen atoms in total. The molecule has 0 saturated heterocycles. The van der Waals surface area contributed by atoms with Crippen LogP contribution in [0.25, 0.3) is 0 Å². The van der Waals surface area contributed by atoms with Crippen molar-refractivity contribution in [2.45, 2.75) is 25.7 Å². The molecule has 0 aliphatic heterocycles. The molecule has 0 aromatic heterocycles. The molecule has 0 unspecified atom stereocenters. The first-order chi connectivity index (χ1) is 11.5. The number of hydrogen-bond donors (Lipinski definition) is 2. The summed E-state index contributed by atoms with van der Waals surface area (Å²) in [7, 11) is 3.13. The fourth-order valence-electron chi connectivity index (χ4n) is 3.99. The van der Waals surface area contributed by atoms with E-state index in [0.29, 0.717) is 35.2 Å². The van der Waals surface area contributed by atoms with Crippen molar-refractivity contribution in [3.05, 3.63) is 47.5 Å². The van der Waals surface area contributed by atoms with Gasteiger partial charge in [-0.05, 0) is 59.1 Å². The van der Waals surface area contributed by atoms with Gasteiger partial charge in [-0.2, -0.15) is 0 Å². The third kappa shape index (κ3) is 2.56. The summed E-state index contributed by atoms with van der Waals surface area (Å²) in [5, 5.41) is 19.7. The Morgan fingerprint density at radius 2 is 1.08 bits per heavy atom. The zero-order valence-electron chi connectivity index (χ0n) is 14.5. The lowest BCUT2D eigenvalue weighted by Gasteiger charge is -2.50. The van der Waals surface area contributed by atoms with Crippen LogP contribution in [0.1, 0.15) is 36.8 Å². The van der Waals surface area contributed by atoms with Crippen LogP contribution < -0.4 is 9.47 Å². The molecule has 1 saturated carbocycles. The van der Waals surface area contributed by atoms with Gasteiger partial charge in [0.2, 0.25) is 0 Å². The molecule has 0 bridgehead atoms. The summed E-state index contributed by atoms with van der Waals surface area (Å²) < 4.78 is 10.5. The van der Waals surface area contributed by atoms with Gasteiger partial charge in [0.25, 0.3) is 0 Å². The molecule has 0 amide bonds. The van der Waals surface area contributed by atoms with Crippen molar-refractivity contribution in [3.63, 3.8) is 0 Å². The predicted molar refractivity (Wildman–Crippen MR) is 93.1 cm³/mol. The molecule has 1 aliphatic carbocycles. The Kier molecular flexibility index (Phi) is 4.31. The molecule has 4 heteroatoms. The first kappa shape index (κ1) is 16.5. The second-order valence-electron chi connectivity index (χ2n) is 6.63. The molecule has 0 heterocycles. The highest BCUT2D eigenvalue weighted by atomic mass is 16.5. The Labute approximate surface area is 142 Å². The van der Waals surface area contributed by atoms with E-state index in [4.69, 9.17) is 9.47 Å². The molecule has 0 radical (unpaired) electrons. The van der Waals surface area contributed by atoms with Gasteiger partial charge < -0.3 is 19.7 Å². The van der Waals surface area contributed by atoms with E-state index in [0.717, 1.165) is 11.1 Å². The summed E-state index contributed by atoms with van der Waals surface area (Å²) in [5.74, 6) is 3.02. The topological polar surface area (TPSA) is 58.9 Å². The number of rotatable bonds is 4. The predicted octanol–water partition coefficient (Wildman–Crippen LogP) is 4.27. The summed E-state index contributed by atoms with van der Waals surface area (Å²) in [6.45, 7) is 4.51. The summed E-state index contributed by atoms with van der Waals surface area (Å²) in [5.41, 5.74) is 2.32. The van der Waals surface area contributed by atoms with Gasteiger partial charge in [0.15, 0.2) is 23.0 Å². The highest BCUT2D eigenvalue weighted by molar-refractivity contribution is 5.48. The highest BCUT2D eigenvalue weighted by Gasteiger charge is 2.46. The smallest absolute Gasteiger partial charge is 0.160 e. The van der Waals surface area contributed by atoms with Crippen LogP contribution in [0, 0.1) is 11.8 Å². The summed E-state index contributed by atoms with van der Waals surface area (Å²) >= 11 is 0. The Bertz CT molecular complexity index is 677. The van der Waals surface area contributed by atoms with Crippen LogP contribution in [-0.2, 0) is 0 Å². The second-order valence-corrected chi connectivity index (χ2v) is 6.63. The quantitative estimate of drug-likeness (QED) is 0.880. The van der Waals surface area contributed by atoms with Crippen LogP contribution in [0.5, 0.6) is 23.0 Å². The first-order valence-corrected chi connectivity index (χ1v) is 8.21. The highest BCUT2D eigenvalue weighted by Crippen LogP contribution is 2.58. The minimum Gasteiger partial charge on any atom is -0.504 e. The van der Waals surface area contributed by atoms with Crippen molar-refractivity contribution in [2.24, 2.45) is 11.8 Å². The van der Waals surface area contributed by atoms with Crippen molar-refractivity contribution in [3.8, 4) is 23.0 Å². The first-order valence-electron chi connectivity index (χ1n) is 8.21. The zero-order chi connectivity index (χ0) is 17.4. The molecule has 1 fully saturated rings. The van der Waals surface area contributed by atoms with Gasteiger partial charge >= 0.3 is 0 Å². The van der Waals surface area contributed by atoms with Crippen LogP contribution >= 0.6 is 0 Å². The van der Waals surface area contributed by atoms with Gasteiger partial charge in [-0.25, -0.2) is 0 Å². The molecular weight excluding hydrogens is 304 g/mol. The largest absolute Gasteiger partial charge is 0.504 e. The molecule has 1 aliphatic rings. The monoisotopic (exact) mass is 328 g/mol. The fraction of sp³-hybridized carbons (Fsp3) is 0.400. The van der Waals surface area contributed by atoms with Crippen molar-refractivity contribution >= 4 is 0 Å². The number of phenols is 2. The number of benzene rings is 2. The summed E-state index contributed by atoms with van der Waals surface area (Å²) in [4.78, 5) is 0. The molecule has 3 rings (SSSR count). The lowest BCUT2D eigenvalue weighted by Crippen LogP contribution is -2.40. The zero-order valence-corrected chi connectivity index (χ0v) is 14.5. The minimum absolute atomic E-state index is 0.157. The molecule has 4 atom stereocenters. The van der Waals surface area contributed by atoms with Crippen molar-refractivity contribution in [1.82, 2.24) is 0 Å². The minimum atomic E-state index is 0.157. The average molecular weight is 328 g/mol. The Balaban J connectivity index is 1.98. The molecule has 2 aromatic carbocycles. The molecule has 0 spiro atoms. The maximum Gasteiger partial charge on any atom is 0.160 e. The van der Waals surface area contributed by atoms with Gasteiger partial charge in [0, 0.05) is 0 Å². The number of ether oxygens (including phenoxy) is 2. The lowest BCUT2D eigenvalue weighted by atomic mass is 9.54. The average Bonchev–Trinajstić information content (AvgIpc) is 2.60. The Hall–Kier alpha value is -2.36. The van der Waals surface area contributed by atoms with E-state index in [1.165, 1.54) is 0 Å². The van der Waals surface area contributed by atoms with Crippen LogP contribution in [-0.4, -0.2) is 24.4 Å². The van der Waals surface area contributed by atoms with Crippen LogP contribution in [0.2, 0.25) is 0 Å². The number of hydrogen-bond acceptors (Lipinski definition) is 4. The number of aromatic hydroxyl groups is 2. The Morgan fingerprint density at radius 1 is 0.708 bits per heavy atom. The van der Waals surface area contributed by atoms with E-state index in [1.807, 2.05) is 24.3 Å². The summed E-state index contributed by atoms with van der Waals surface area (Å²) in [6, 6.07) is 11.2.